The molecule has 1 unspecified atom stereocenters. The largest absolute Gasteiger partial charge is 0.493 e. The molecule has 4 nitrogen and oxygen atoms in total. The lowest BCUT2D eigenvalue weighted by atomic mass is 10.2. The molecule has 19 heavy (non-hydrogen) atoms. The summed E-state index contributed by atoms with van der Waals surface area (Å²) in [4.78, 5) is 6.88. The third kappa shape index (κ3) is 3.60. The van der Waals surface area contributed by atoms with E-state index in [1.54, 1.807) is 7.11 Å². The Balaban J connectivity index is 2.01. The first-order valence-corrected chi connectivity index (χ1v) is 7.18. The van der Waals surface area contributed by atoms with Crippen LogP contribution in [0.3, 0.4) is 0 Å². The van der Waals surface area contributed by atoms with Gasteiger partial charge < -0.3 is 15.0 Å². The van der Waals surface area contributed by atoms with Gasteiger partial charge in [0.1, 0.15) is 0 Å². The van der Waals surface area contributed by atoms with Gasteiger partial charge in [0.05, 0.1) is 7.11 Å². The van der Waals surface area contributed by atoms with Crippen molar-refractivity contribution in [2.75, 3.05) is 31.6 Å². The molecule has 1 aliphatic rings. The van der Waals surface area contributed by atoms with Crippen molar-refractivity contribution >= 4 is 5.82 Å². The predicted octanol–water partition coefficient (Wildman–Crippen LogP) is 2.30. The van der Waals surface area contributed by atoms with Gasteiger partial charge in [0, 0.05) is 25.3 Å². The lowest BCUT2D eigenvalue weighted by Crippen LogP contribution is -2.39. The summed E-state index contributed by atoms with van der Waals surface area (Å²) < 4.78 is 5.42. The van der Waals surface area contributed by atoms with Gasteiger partial charge in [0.15, 0.2) is 11.6 Å². The van der Waals surface area contributed by atoms with E-state index in [1.807, 2.05) is 18.3 Å². The summed E-state index contributed by atoms with van der Waals surface area (Å²) in [5.74, 6) is 2.55. The van der Waals surface area contributed by atoms with E-state index in [-0.39, 0.29) is 0 Å². The summed E-state index contributed by atoms with van der Waals surface area (Å²) in [6, 6.07) is 4.44. The van der Waals surface area contributed by atoms with Crippen LogP contribution in [-0.4, -0.2) is 37.8 Å². The second kappa shape index (κ2) is 6.75. The van der Waals surface area contributed by atoms with Crippen molar-refractivity contribution in [3.8, 4) is 5.75 Å². The molecule has 1 N–H and O–H groups in total. The summed E-state index contributed by atoms with van der Waals surface area (Å²) in [6.45, 7) is 7.64. The smallest absolute Gasteiger partial charge is 0.171 e. The Morgan fingerprint density at radius 3 is 3.11 bits per heavy atom. The van der Waals surface area contributed by atoms with Crippen molar-refractivity contribution in [3.63, 3.8) is 0 Å². The van der Waals surface area contributed by atoms with Crippen molar-refractivity contribution in [1.82, 2.24) is 10.3 Å². The number of rotatable bonds is 6. The van der Waals surface area contributed by atoms with E-state index >= 15 is 0 Å². The van der Waals surface area contributed by atoms with E-state index in [0.717, 1.165) is 31.2 Å². The molecule has 106 valence electrons. The van der Waals surface area contributed by atoms with E-state index in [0.29, 0.717) is 12.0 Å². The Hall–Kier alpha value is -1.29. The van der Waals surface area contributed by atoms with Crippen LogP contribution < -0.4 is 15.0 Å². The van der Waals surface area contributed by atoms with Crippen LogP contribution in [-0.2, 0) is 0 Å². The molecule has 1 atom stereocenters. The number of anilines is 1. The van der Waals surface area contributed by atoms with E-state index in [9.17, 15) is 0 Å². The number of ether oxygens (including phenoxy) is 1. The molecule has 0 aromatic carbocycles. The van der Waals surface area contributed by atoms with E-state index in [2.05, 4.69) is 29.0 Å². The highest BCUT2D eigenvalue weighted by Gasteiger charge is 2.27. The quantitative estimate of drug-likeness (QED) is 0.854. The van der Waals surface area contributed by atoms with E-state index in [4.69, 9.17) is 4.74 Å². The molecule has 1 aliphatic heterocycles. The molecular formula is C15H25N3O. The third-order valence-corrected chi connectivity index (χ3v) is 3.55. The molecule has 4 heteroatoms. The van der Waals surface area contributed by atoms with Gasteiger partial charge in [-0.15, -0.1) is 0 Å². The molecule has 1 aromatic heterocycles. The summed E-state index contributed by atoms with van der Waals surface area (Å²) in [6.07, 6.45) is 4.30. The van der Waals surface area contributed by atoms with Crippen LogP contribution in [0.4, 0.5) is 5.82 Å². The first-order chi connectivity index (χ1) is 9.22. The number of nitrogens with one attached hydrogen (secondary N) is 1. The Morgan fingerprint density at radius 1 is 1.53 bits per heavy atom. The molecule has 0 spiro atoms. The van der Waals surface area contributed by atoms with Crippen molar-refractivity contribution in [1.29, 1.82) is 0 Å². The minimum atomic E-state index is 0.530. The summed E-state index contributed by atoms with van der Waals surface area (Å²) in [5.41, 5.74) is 0. The number of hydrogen-bond donors (Lipinski definition) is 1. The Morgan fingerprint density at radius 2 is 2.37 bits per heavy atom. The molecule has 1 fully saturated rings. The monoisotopic (exact) mass is 263 g/mol. The lowest BCUT2D eigenvalue weighted by Gasteiger charge is -2.27. The molecule has 1 saturated heterocycles. The SMILES string of the molecule is COc1cccnc1N1CCCC1CNCC(C)C. The van der Waals surface area contributed by atoms with Crippen molar-refractivity contribution in [3.05, 3.63) is 18.3 Å². The Bertz CT molecular complexity index is 395. The lowest BCUT2D eigenvalue weighted by molar-refractivity contribution is 0.411. The Kier molecular flexibility index (Phi) is 5.02. The maximum atomic E-state index is 5.42. The fraction of sp³-hybridized carbons (Fsp3) is 0.667. The van der Waals surface area contributed by atoms with Crippen LogP contribution >= 0.6 is 0 Å². The van der Waals surface area contributed by atoms with Crippen molar-refractivity contribution in [2.24, 2.45) is 5.92 Å². The van der Waals surface area contributed by atoms with E-state index < -0.39 is 0 Å². The Labute approximate surface area is 116 Å². The first kappa shape index (κ1) is 14.1. The van der Waals surface area contributed by atoms with Gasteiger partial charge in [-0.3, -0.25) is 0 Å². The van der Waals surface area contributed by atoms with Crippen LogP contribution in [0.1, 0.15) is 26.7 Å². The van der Waals surface area contributed by atoms with Gasteiger partial charge in [-0.25, -0.2) is 4.98 Å². The van der Waals surface area contributed by atoms with Crippen LogP contribution in [0, 0.1) is 5.92 Å². The normalized spacial score (nSPS) is 19.2. The second-order valence-corrected chi connectivity index (χ2v) is 5.57. The molecule has 2 heterocycles. The zero-order chi connectivity index (χ0) is 13.7. The molecule has 0 aliphatic carbocycles. The molecule has 1 aromatic rings. The fourth-order valence-corrected chi connectivity index (χ4v) is 2.62. The van der Waals surface area contributed by atoms with Gasteiger partial charge in [-0.05, 0) is 37.4 Å². The maximum Gasteiger partial charge on any atom is 0.171 e. The number of nitrogens with zero attached hydrogens (tertiary/aromatic N) is 2. The minimum Gasteiger partial charge on any atom is -0.493 e. The number of aromatic nitrogens is 1. The van der Waals surface area contributed by atoms with Gasteiger partial charge >= 0.3 is 0 Å². The predicted molar refractivity (Wildman–Crippen MR) is 78.9 cm³/mol. The molecule has 0 bridgehead atoms. The number of pyridine rings is 1. The highest BCUT2D eigenvalue weighted by atomic mass is 16.5. The zero-order valence-corrected chi connectivity index (χ0v) is 12.2. The maximum absolute atomic E-state index is 5.42. The standard InChI is InChI=1S/C15H25N3O/c1-12(2)10-16-11-13-6-5-9-18(13)15-14(19-3)7-4-8-17-15/h4,7-8,12-13,16H,5-6,9-11H2,1-3H3. The second-order valence-electron chi connectivity index (χ2n) is 5.57. The average Bonchev–Trinajstić information content (AvgIpc) is 2.86. The average molecular weight is 263 g/mol. The highest BCUT2D eigenvalue weighted by Crippen LogP contribution is 2.30. The summed E-state index contributed by atoms with van der Waals surface area (Å²) in [5, 5.41) is 3.55. The molecule has 2 rings (SSSR count). The number of methoxy groups -OCH3 is 1. The fourth-order valence-electron chi connectivity index (χ4n) is 2.62. The molecular weight excluding hydrogens is 238 g/mol. The van der Waals surface area contributed by atoms with Gasteiger partial charge in [-0.2, -0.15) is 0 Å². The summed E-state index contributed by atoms with van der Waals surface area (Å²) >= 11 is 0. The van der Waals surface area contributed by atoms with Gasteiger partial charge in [-0.1, -0.05) is 13.8 Å². The van der Waals surface area contributed by atoms with Crippen LogP contribution in [0.25, 0.3) is 0 Å². The number of hydrogen-bond acceptors (Lipinski definition) is 4. The molecule has 0 radical (unpaired) electrons. The van der Waals surface area contributed by atoms with Crippen molar-refractivity contribution in [2.45, 2.75) is 32.7 Å². The molecule has 0 amide bonds. The highest BCUT2D eigenvalue weighted by molar-refractivity contribution is 5.53. The minimum absolute atomic E-state index is 0.530. The van der Waals surface area contributed by atoms with Gasteiger partial charge in [0.2, 0.25) is 0 Å². The first-order valence-electron chi connectivity index (χ1n) is 7.18. The molecule has 0 saturated carbocycles. The van der Waals surface area contributed by atoms with Gasteiger partial charge in [0.25, 0.3) is 0 Å². The van der Waals surface area contributed by atoms with E-state index in [1.165, 1.54) is 12.8 Å². The zero-order valence-electron chi connectivity index (χ0n) is 12.2. The van der Waals surface area contributed by atoms with Crippen LogP contribution in [0.15, 0.2) is 18.3 Å². The van der Waals surface area contributed by atoms with Crippen molar-refractivity contribution < 1.29 is 4.74 Å². The van der Waals surface area contributed by atoms with Crippen LogP contribution in [0.2, 0.25) is 0 Å². The van der Waals surface area contributed by atoms with Crippen LogP contribution in [0.5, 0.6) is 5.75 Å². The topological polar surface area (TPSA) is 37.4 Å². The third-order valence-electron chi connectivity index (χ3n) is 3.55. The summed E-state index contributed by atoms with van der Waals surface area (Å²) in [7, 11) is 1.71.